The standard InChI is InChI=1S/C20H27N5O2/c1-13(2)27-12-15-8-6-14(7-9-15)10-21-19-23-17-16(18(26)24-19)11-22-25(17)20(3,4)5/h6-9,11,13H,10,12H2,1-5H3,(H2,21,23,24,26). The molecule has 0 bridgehead atoms. The maximum absolute atomic E-state index is 12.3. The first-order valence-electron chi connectivity index (χ1n) is 9.16. The van der Waals surface area contributed by atoms with Crippen molar-refractivity contribution in [1.82, 2.24) is 19.7 Å². The van der Waals surface area contributed by atoms with E-state index in [9.17, 15) is 4.79 Å². The fraction of sp³-hybridized carbons (Fsp3) is 0.450. The van der Waals surface area contributed by atoms with E-state index in [0.29, 0.717) is 30.1 Å². The van der Waals surface area contributed by atoms with E-state index in [1.807, 2.05) is 58.9 Å². The second-order valence-corrected chi connectivity index (χ2v) is 7.91. The zero-order valence-electron chi connectivity index (χ0n) is 16.5. The lowest BCUT2D eigenvalue weighted by Gasteiger charge is -2.19. The van der Waals surface area contributed by atoms with Gasteiger partial charge in [-0.1, -0.05) is 24.3 Å². The zero-order valence-corrected chi connectivity index (χ0v) is 16.5. The summed E-state index contributed by atoms with van der Waals surface area (Å²) in [5, 5.41) is 8.00. The molecule has 0 spiro atoms. The number of nitrogens with one attached hydrogen (secondary N) is 2. The summed E-state index contributed by atoms with van der Waals surface area (Å²) < 4.78 is 7.38. The molecule has 0 aliphatic rings. The molecule has 0 saturated heterocycles. The first-order valence-corrected chi connectivity index (χ1v) is 9.16. The molecule has 3 aromatic rings. The van der Waals surface area contributed by atoms with Gasteiger partial charge >= 0.3 is 0 Å². The van der Waals surface area contributed by atoms with Gasteiger partial charge in [0.05, 0.1) is 24.4 Å². The minimum Gasteiger partial charge on any atom is -0.374 e. The lowest BCUT2D eigenvalue weighted by Crippen LogP contribution is -2.24. The van der Waals surface area contributed by atoms with Crippen LogP contribution >= 0.6 is 0 Å². The van der Waals surface area contributed by atoms with E-state index in [-0.39, 0.29) is 17.2 Å². The molecule has 0 saturated carbocycles. The van der Waals surface area contributed by atoms with Crippen LogP contribution in [0.25, 0.3) is 11.0 Å². The fourth-order valence-corrected chi connectivity index (χ4v) is 2.70. The van der Waals surface area contributed by atoms with Crippen LogP contribution in [0, 0.1) is 0 Å². The molecule has 2 N–H and O–H groups in total. The van der Waals surface area contributed by atoms with E-state index in [0.717, 1.165) is 11.1 Å². The predicted molar refractivity (Wildman–Crippen MR) is 107 cm³/mol. The number of H-pyrrole nitrogens is 1. The molecular formula is C20H27N5O2. The van der Waals surface area contributed by atoms with Gasteiger partial charge in [0.2, 0.25) is 5.95 Å². The second-order valence-electron chi connectivity index (χ2n) is 7.91. The molecule has 0 amide bonds. The van der Waals surface area contributed by atoms with Gasteiger partial charge in [-0.25, -0.2) is 4.68 Å². The molecule has 7 nitrogen and oxygen atoms in total. The molecular weight excluding hydrogens is 342 g/mol. The van der Waals surface area contributed by atoms with Crippen LogP contribution in [0.1, 0.15) is 45.7 Å². The zero-order chi connectivity index (χ0) is 19.6. The topological polar surface area (TPSA) is 84.8 Å². The molecule has 0 fully saturated rings. The normalized spacial score (nSPS) is 12.1. The number of anilines is 1. The van der Waals surface area contributed by atoms with E-state index in [1.54, 1.807) is 10.9 Å². The van der Waals surface area contributed by atoms with Crippen molar-refractivity contribution in [2.45, 2.75) is 59.4 Å². The van der Waals surface area contributed by atoms with Gasteiger partial charge in [-0.2, -0.15) is 10.1 Å². The van der Waals surface area contributed by atoms with E-state index in [4.69, 9.17) is 4.74 Å². The van der Waals surface area contributed by atoms with Crippen molar-refractivity contribution in [3.63, 3.8) is 0 Å². The monoisotopic (exact) mass is 369 g/mol. The van der Waals surface area contributed by atoms with Crippen LogP contribution in [-0.2, 0) is 23.4 Å². The van der Waals surface area contributed by atoms with Crippen LogP contribution in [0.4, 0.5) is 5.95 Å². The van der Waals surface area contributed by atoms with E-state index >= 15 is 0 Å². The average molecular weight is 369 g/mol. The Morgan fingerprint density at radius 2 is 1.85 bits per heavy atom. The summed E-state index contributed by atoms with van der Waals surface area (Å²) in [6, 6.07) is 8.19. The van der Waals surface area contributed by atoms with Crippen LogP contribution in [0.2, 0.25) is 0 Å². The van der Waals surface area contributed by atoms with Crippen molar-refractivity contribution in [3.8, 4) is 0 Å². The summed E-state index contributed by atoms with van der Waals surface area (Å²) in [6.45, 7) is 11.3. The maximum Gasteiger partial charge on any atom is 0.263 e. The number of rotatable bonds is 6. The van der Waals surface area contributed by atoms with E-state index < -0.39 is 0 Å². The Morgan fingerprint density at radius 3 is 2.48 bits per heavy atom. The third-order valence-electron chi connectivity index (χ3n) is 4.14. The SMILES string of the molecule is CC(C)OCc1ccc(CNc2nc3c(cnn3C(C)(C)C)c(=O)[nH]2)cc1. The van der Waals surface area contributed by atoms with Gasteiger partial charge in [-0.15, -0.1) is 0 Å². The highest BCUT2D eigenvalue weighted by Crippen LogP contribution is 2.19. The van der Waals surface area contributed by atoms with Crippen LogP contribution in [0.5, 0.6) is 0 Å². The minimum absolute atomic E-state index is 0.195. The molecule has 1 aromatic carbocycles. The molecule has 0 radical (unpaired) electrons. The van der Waals surface area contributed by atoms with Gasteiger partial charge in [0.15, 0.2) is 5.65 Å². The number of benzene rings is 1. The Kier molecular flexibility index (Phi) is 5.32. The smallest absolute Gasteiger partial charge is 0.263 e. The highest BCUT2D eigenvalue weighted by atomic mass is 16.5. The van der Waals surface area contributed by atoms with Gasteiger partial charge in [0.25, 0.3) is 5.56 Å². The molecule has 2 heterocycles. The molecule has 144 valence electrons. The maximum atomic E-state index is 12.3. The molecule has 0 unspecified atom stereocenters. The summed E-state index contributed by atoms with van der Waals surface area (Å²) in [5.41, 5.74) is 2.35. The third kappa shape index (κ3) is 4.54. The van der Waals surface area contributed by atoms with Crippen LogP contribution in [0.3, 0.4) is 0 Å². The lowest BCUT2D eigenvalue weighted by atomic mass is 10.1. The Labute approximate surface area is 158 Å². The van der Waals surface area contributed by atoms with Crippen molar-refractivity contribution in [2.24, 2.45) is 0 Å². The molecule has 7 heteroatoms. The summed E-state index contributed by atoms with van der Waals surface area (Å²) >= 11 is 0. The first kappa shape index (κ1) is 19.1. The highest BCUT2D eigenvalue weighted by Gasteiger charge is 2.19. The molecule has 2 aromatic heterocycles. The minimum atomic E-state index is -0.256. The van der Waals surface area contributed by atoms with Crippen molar-refractivity contribution in [2.75, 3.05) is 5.32 Å². The number of aromatic amines is 1. The molecule has 0 aliphatic heterocycles. The lowest BCUT2D eigenvalue weighted by molar-refractivity contribution is 0.0657. The Hall–Kier alpha value is -2.67. The van der Waals surface area contributed by atoms with Crippen molar-refractivity contribution in [1.29, 1.82) is 0 Å². The summed E-state index contributed by atoms with van der Waals surface area (Å²) in [7, 11) is 0. The first-order chi connectivity index (χ1) is 12.7. The van der Waals surface area contributed by atoms with Crippen molar-refractivity contribution in [3.05, 3.63) is 51.9 Å². The van der Waals surface area contributed by atoms with Crippen LogP contribution in [0.15, 0.2) is 35.3 Å². The number of hydrogen-bond donors (Lipinski definition) is 2. The van der Waals surface area contributed by atoms with Crippen molar-refractivity contribution >= 4 is 17.0 Å². The summed E-state index contributed by atoms with van der Waals surface area (Å²) in [5.74, 6) is 0.436. The average Bonchev–Trinajstić information content (AvgIpc) is 3.04. The van der Waals surface area contributed by atoms with Gasteiger partial charge in [0.1, 0.15) is 5.39 Å². The molecule has 27 heavy (non-hydrogen) atoms. The number of aromatic nitrogens is 4. The fourth-order valence-electron chi connectivity index (χ4n) is 2.70. The highest BCUT2D eigenvalue weighted by molar-refractivity contribution is 5.74. The molecule has 3 rings (SSSR count). The summed E-state index contributed by atoms with van der Waals surface area (Å²) in [4.78, 5) is 19.7. The Bertz CT molecular complexity index is 965. The van der Waals surface area contributed by atoms with Crippen LogP contribution < -0.4 is 10.9 Å². The number of fused-ring (bicyclic) bond motifs is 1. The van der Waals surface area contributed by atoms with Gasteiger partial charge < -0.3 is 10.1 Å². The molecule has 0 atom stereocenters. The van der Waals surface area contributed by atoms with Gasteiger partial charge in [0, 0.05) is 6.54 Å². The molecule has 0 aliphatic carbocycles. The Morgan fingerprint density at radius 1 is 1.19 bits per heavy atom. The second kappa shape index (κ2) is 7.52. The van der Waals surface area contributed by atoms with E-state index in [1.165, 1.54) is 0 Å². The van der Waals surface area contributed by atoms with Gasteiger partial charge in [-0.05, 0) is 45.7 Å². The third-order valence-corrected chi connectivity index (χ3v) is 4.14. The number of ether oxygens (including phenoxy) is 1. The Balaban J connectivity index is 1.74. The summed E-state index contributed by atoms with van der Waals surface area (Å²) in [6.07, 6.45) is 1.78. The van der Waals surface area contributed by atoms with E-state index in [2.05, 4.69) is 20.4 Å². The van der Waals surface area contributed by atoms with Crippen LogP contribution in [-0.4, -0.2) is 25.9 Å². The predicted octanol–water partition coefficient (Wildman–Crippen LogP) is 3.41. The van der Waals surface area contributed by atoms with Crippen molar-refractivity contribution < 1.29 is 4.74 Å². The number of hydrogen-bond acceptors (Lipinski definition) is 5. The van der Waals surface area contributed by atoms with Gasteiger partial charge in [-0.3, -0.25) is 9.78 Å². The number of nitrogens with zero attached hydrogens (tertiary/aromatic N) is 3. The quantitative estimate of drug-likeness (QED) is 0.695. The largest absolute Gasteiger partial charge is 0.374 e.